The summed E-state index contributed by atoms with van der Waals surface area (Å²) in [7, 11) is 2.28. The number of alkyl halides is 16. The Hall–Kier alpha value is -15.3. The predicted molar refractivity (Wildman–Crippen MR) is 399 cm³/mol. The third-order valence-electron chi connectivity index (χ3n) is 15.7. The first-order valence-electron chi connectivity index (χ1n) is 33.9. The van der Waals surface area contributed by atoms with Crippen LogP contribution in [0.4, 0.5) is 116 Å². The average molecular weight is 1840 g/mol. The number of aliphatic hydroxyl groups is 1. The quantitative estimate of drug-likeness (QED) is 0.0128. The summed E-state index contributed by atoms with van der Waals surface area (Å²) in [5.41, 5.74) is -7.23. The molecule has 0 atom stereocenters. The number of carbonyl (C=O) groups excluding carboxylic acids is 3. The van der Waals surface area contributed by atoms with Crippen molar-refractivity contribution in [3.8, 4) is 57.5 Å². The second kappa shape index (κ2) is 43.6. The first-order valence-corrected chi connectivity index (χ1v) is 34.5. The van der Waals surface area contributed by atoms with Gasteiger partial charge in [0.15, 0.2) is 23.7 Å². The molecule has 0 bridgehead atoms. The molecule has 0 unspecified atom stereocenters. The average Bonchev–Trinajstić information content (AvgIpc) is 0.789. The van der Waals surface area contributed by atoms with E-state index in [9.17, 15) is 153 Å². The standard InChI is InChI=1S/C21H10F7NO5.C15H10F3NO5.C14H9ClF3NO3.C14H10F3NO4.C8H6FNO4.C7H5F3O/c22-16-13(8-30)17(23)19(25)20(18(16)24)33-9-10-1-6-14(29(31)32)15(7-10)34-12-4-2-11(3-5-12)21(26,27)28;1-23-14(20)9-2-7-12(19(21)22)13(8-9)24-11-5-3-10(4-6-11)15(16,17)18;15-8-9-1-6-12(19(20)21)13(7-9)22-11-4-2-10(3-5-11)14(16,17)18;15-14(16,17)10-2-4-11(5-3-10)22-13-7-9(8-19)1-6-12(13)18(20)21;1-14-8(11)5-2-3-7(10(12)13)6(9)4-5;8-7(9,10)5-1-3-6(11)4-2-5/h1-8H,9H2;2-8H,1H3;1-7H,8H2;1-7,19H,8H2;2-4H,1H3;1-4,11H. The molecule has 48 heteroatoms. The van der Waals surface area contributed by atoms with Crippen LogP contribution in [-0.4, -0.2) is 67.3 Å². The van der Waals surface area contributed by atoms with Crippen LogP contribution in [0.15, 0.2) is 212 Å². The van der Waals surface area contributed by atoms with Gasteiger partial charge in [0.25, 0.3) is 0 Å². The van der Waals surface area contributed by atoms with Crippen molar-refractivity contribution in [3.63, 3.8) is 0 Å². The van der Waals surface area contributed by atoms with Gasteiger partial charge in [-0.25, -0.2) is 18.4 Å². The van der Waals surface area contributed by atoms with Crippen LogP contribution < -0.4 is 23.7 Å². The lowest BCUT2D eigenvalue weighted by Gasteiger charge is -2.12. The van der Waals surface area contributed by atoms with E-state index >= 15 is 0 Å². The number of phenols is 1. The first kappa shape index (κ1) is 100. The maximum atomic E-state index is 14.0. The number of benzene rings is 11. The van der Waals surface area contributed by atoms with Crippen molar-refractivity contribution in [2.24, 2.45) is 0 Å². The Labute approximate surface area is 701 Å². The van der Waals surface area contributed by atoms with Gasteiger partial charge in [0, 0.05) is 42.3 Å². The SMILES string of the molecule is COC(=O)c1ccc([N+](=O)[O-])c(F)c1.COC(=O)c1ccc([N+](=O)[O-])c(Oc2ccc(C(F)(F)F)cc2)c1.O=Cc1c(F)c(F)c(OCc2ccc([N+](=O)[O-])c(Oc3ccc(C(F)(F)F)cc3)c2)c(F)c1F.O=[N+]([O-])c1ccc(CCl)cc1Oc1ccc(C(F)(F)F)cc1.O=[N+]([O-])c1ccc(CO)cc1Oc1ccc(C(F)(F)F)cc1.Oc1ccc(C(F)(F)F)cc1. The summed E-state index contributed by atoms with van der Waals surface area (Å²) < 4.78 is 289. The third kappa shape index (κ3) is 28.9. The molecule has 0 aliphatic carbocycles. The van der Waals surface area contributed by atoms with Gasteiger partial charge in [0.1, 0.15) is 35.4 Å². The van der Waals surface area contributed by atoms with Gasteiger partial charge in [-0.05, 0) is 187 Å². The summed E-state index contributed by atoms with van der Waals surface area (Å²) in [4.78, 5) is 83.5. The Bertz CT molecular complexity index is 5630. The number of aldehydes is 1. The van der Waals surface area contributed by atoms with Crippen LogP contribution >= 0.6 is 11.6 Å². The summed E-state index contributed by atoms with van der Waals surface area (Å²) in [6, 6.07) is 35.1. The van der Waals surface area contributed by atoms with Crippen molar-refractivity contribution in [2.75, 3.05) is 14.2 Å². The van der Waals surface area contributed by atoms with E-state index in [1.54, 1.807) is 0 Å². The fraction of sp³-hybridized carbons (Fsp3) is 0.127. The molecule has 27 nitrogen and oxygen atoms in total. The van der Waals surface area contributed by atoms with E-state index in [2.05, 4.69) is 9.47 Å². The molecule has 0 amide bonds. The van der Waals surface area contributed by atoms with E-state index < -0.39 is 171 Å². The van der Waals surface area contributed by atoms with Crippen LogP contribution in [0.5, 0.6) is 57.5 Å². The number of methoxy groups -OCH3 is 2. The maximum Gasteiger partial charge on any atom is 0.416 e. The van der Waals surface area contributed by atoms with Crippen LogP contribution in [0, 0.1) is 79.7 Å². The topological polar surface area (TPSA) is 372 Å². The third-order valence-corrected chi connectivity index (χ3v) is 16.0. The monoisotopic (exact) mass is 1840 g/mol. The number of ether oxygens (including phenoxy) is 7. The van der Waals surface area contributed by atoms with Gasteiger partial charge < -0.3 is 43.4 Å². The number of aromatic hydroxyl groups is 1. The van der Waals surface area contributed by atoms with Crippen molar-refractivity contribution < 1.29 is 170 Å². The minimum atomic E-state index is -4.62. The minimum Gasteiger partial charge on any atom is -0.508 e. The molecule has 0 aliphatic heterocycles. The van der Waals surface area contributed by atoms with Crippen LogP contribution in [0.3, 0.4) is 0 Å². The van der Waals surface area contributed by atoms with E-state index in [1.807, 2.05) is 0 Å². The lowest BCUT2D eigenvalue weighted by molar-refractivity contribution is -0.387. The zero-order valence-corrected chi connectivity index (χ0v) is 63.9. The number of phenolic OH excluding ortho intramolecular Hbond substituents is 1. The number of rotatable bonds is 21. The number of nitro groups is 5. The number of nitrogens with zero attached hydrogens (tertiary/aromatic N) is 5. The van der Waals surface area contributed by atoms with Crippen LogP contribution in [-0.2, 0) is 59.4 Å². The molecule has 127 heavy (non-hydrogen) atoms. The number of halogens is 21. The highest BCUT2D eigenvalue weighted by Gasteiger charge is 2.36. The Morgan fingerprint density at radius 2 is 0.638 bits per heavy atom. The van der Waals surface area contributed by atoms with E-state index in [1.165, 1.54) is 36.4 Å². The molecular formula is C79H50ClF20N5O22. The second-order valence-electron chi connectivity index (χ2n) is 24.3. The van der Waals surface area contributed by atoms with Crippen LogP contribution in [0.1, 0.15) is 75.6 Å². The number of esters is 2. The minimum absolute atomic E-state index is 0.00464. The predicted octanol–water partition coefficient (Wildman–Crippen LogP) is 23.5. The summed E-state index contributed by atoms with van der Waals surface area (Å²) >= 11 is 5.65. The number of nitro benzene ring substituents is 5. The van der Waals surface area contributed by atoms with Crippen molar-refractivity contribution in [2.45, 2.75) is 50.0 Å². The largest absolute Gasteiger partial charge is 0.508 e. The maximum absolute atomic E-state index is 14.0. The summed E-state index contributed by atoms with van der Waals surface area (Å²) in [5.74, 6) is -13.1. The molecule has 0 saturated heterocycles. The molecule has 11 aromatic rings. The van der Waals surface area contributed by atoms with Gasteiger partial charge in [-0.1, -0.05) is 6.07 Å². The summed E-state index contributed by atoms with van der Waals surface area (Å²) in [6.45, 7) is -1.10. The summed E-state index contributed by atoms with van der Waals surface area (Å²) in [5, 5.41) is 72.0. The number of carbonyl (C=O) groups is 3. The zero-order valence-electron chi connectivity index (χ0n) is 63.1. The lowest BCUT2D eigenvalue weighted by Crippen LogP contribution is -2.08. The van der Waals surface area contributed by atoms with Crippen molar-refractivity contribution in [1.82, 2.24) is 0 Å². The van der Waals surface area contributed by atoms with Crippen LogP contribution in [0.2, 0.25) is 0 Å². The molecule has 11 rings (SSSR count). The molecular weight excluding hydrogens is 1790 g/mol. The molecule has 0 heterocycles. The normalized spacial score (nSPS) is 11.1. The van der Waals surface area contributed by atoms with E-state index in [0.29, 0.717) is 23.3 Å². The molecule has 11 aromatic carbocycles. The van der Waals surface area contributed by atoms with Gasteiger partial charge in [0.2, 0.25) is 40.4 Å². The van der Waals surface area contributed by atoms with Gasteiger partial charge in [0.05, 0.1) is 90.0 Å². The van der Waals surface area contributed by atoms with E-state index in [4.69, 9.17) is 45.5 Å². The number of hydrogen-bond donors (Lipinski definition) is 2. The van der Waals surface area contributed by atoms with E-state index in [-0.39, 0.29) is 86.5 Å². The smallest absolute Gasteiger partial charge is 0.416 e. The fourth-order valence-corrected chi connectivity index (χ4v) is 9.72. The molecule has 670 valence electrons. The fourth-order valence-electron chi connectivity index (χ4n) is 9.56. The van der Waals surface area contributed by atoms with Crippen molar-refractivity contribution in [1.29, 1.82) is 0 Å². The van der Waals surface area contributed by atoms with Crippen molar-refractivity contribution >= 4 is 58.3 Å². The van der Waals surface area contributed by atoms with Crippen LogP contribution in [0.25, 0.3) is 0 Å². The Kier molecular flexibility index (Phi) is 34.5. The molecule has 0 aromatic heterocycles. The van der Waals surface area contributed by atoms with Gasteiger partial charge in [-0.3, -0.25) is 55.4 Å². The van der Waals surface area contributed by atoms with Gasteiger partial charge in [-0.2, -0.15) is 79.0 Å². The summed E-state index contributed by atoms with van der Waals surface area (Å²) in [6.07, 6.45) is -22.8. The van der Waals surface area contributed by atoms with Gasteiger partial charge >= 0.3 is 71.3 Å². The lowest BCUT2D eigenvalue weighted by atomic mass is 10.1. The molecule has 2 N–H and O–H groups in total. The van der Waals surface area contributed by atoms with Crippen molar-refractivity contribution in [3.05, 3.63) is 353 Å². The number of aliphatic hydroxyl groups excluding tert-OH is 1. The molecule has 0 aliphatic rings. The highest BCUT2D eigenvalue weighted by atomic mass is 35.5. The first-order chi connectivity index (χ1) is 59.3. The van der Waals surface area contributed by atoms with Gasteiger partial charge in [-0.15, -0.1) is 11.6 Å². The Balaban J connectivity index is 0.000000243. The highest BCUT2D eigenvalue weighted by Crippen LogP contribution is 2.42. The van der Waals surface area contributed by atoms with E-state index in [0.717, 1.165) is 178 Å². The molecule has 0 radical (unpaired) electrons. The Morgan fingerprint density at radius 1 is 0.370 bits per heavy atom. The molecule has 0 fully saturated rings. The zero-order chi connectivity index (χ0) is 95.0. The molecule has 0 spiro atoms. The second-order valence-corrected chi connectivity index (χ2v) is 24.5. The number of hydrogen-bond acceptors (Lipinski definition) is 22. The highest BCUT2D eigenvalue weighted by molar-refractivity contribution is 6.17. The molecule has 0 saturated carbocycles. The Morgan fingerprint density at radius 3 is 0.921 bits per heavy atom.